The Kier molecular flexibility index (Phi) is 6.66. The first kappa shape index (κ1) is 23.3. The van der Waals surface area contributed by atoms with Gasteiger partial charge in [-0.3, -0.25) is 9.78 Å². The molecule has 0 bridgehead atoms. The molecule has 5 rings (SSSR count). The van der Waals surface area contributed by atoms with E-state index in [0.29, 0.717) is 27.4 Å². The van der Waals surface area contributed by atoms with Crippen molar-refractivity contribution < 1.29 is 14.3 Å². The van der Waals surface area contributed by atoms with Gasteiger partial charge in [-0.1, -0.05) is 42.0 Å². The van der Waals surface area contributed by atoms with Crippen LogP contribution in [0, 0.1) is 5.82 Å². The average Bonchev–Trinajstić information content (AvgIpc) is 2.99. The van der Waals surface area contributed by atoms with Gasteiger partial charge in [0.25, 0.3) is 0 Å². The second-order valence-electron chi connectivity index (χ2n) is 8.12. The molecule has 0 saturated carbocycles. The van der Waals surface area contributed by atoms with Gasteiger partial charge in [0.2, 0.25) is 0 Å². The van der Waals surface area contributed by atoms with Crippen molar-refractivity contribution in [2.45, 2.75) is 11.7 Å². The van der Waals surface area contributed by atoms with Crippen molar-refractivity contribution in [2.24, 2.45) is 0 Å². The van der Waals surface area contributed by atoms with Gasteiger partial charge in [0, 0.05) is 22.4 Å². The summed E-state index contributed by atoms with van der Waals surface area (Å²) in [4.78, 5) is 20.2. The lowest BCUT2D eigenvalue weighted by molar-refractivity contribution is -0.136. The van der Waals surface area contributed by atoms with E-state index in [9.17, 15) is 9.18 Å². The predicted octanol–water partition coefficient (Wildman–Crippen LogP) is 7.37. The molecule has 0 saturated heterocycles. The van der Waals surface area contributed by atoms with Gasteiger partial charge in [-0.2, -0.15) is 0 Å². The van der Waals surface area contributed by atoms with Gasteiger partial charge < -0.3 is 5.11 Å². The molecular weight excluding hydrogens is 483 g/mol. The predicted molar refractivity (Wildman–Crippen MR) is 142 cm³/mol. The zero-order valence-corrected chi connectivity index (χ0v) is 20.1. The van der Waals surface area contributed by atoms with Crippen LogP contribution in [-0.2, 0) is 4.79 Å². The third-order valence-electron chi connectivity index (χ3n) is 5.76. The van der Waals surface area contributed by atoms with Crippen LogP contribution < -0.4 is 0 Å². The van der Waals surface area contributed by atoms with E-state index in [1.807, 2.05) is 36.4 Å². The fourth-order valence-electron chi connectivity index (χ4n) is 4.09. The number of carboxylic acid groups (broad SMARTS) is 1. The van der Waals surface area contributed by atoms with Crippen LogP contribution >= 0.6 is 23.4 Å². The number of halogens is 2. The third-order valence-corrected chi connectivity index (χ3v) is 7.26. The molecule has 0 fully saturated rings. The molecule has 4 aromatic rings. The smallest absolute Gasteiger partial charge is 0.304 e. The first-order valence-electron chi connectivity index (χ1n) is 11.0. The molecule has 0 radical (unpaired) electrons. The highest BCUT2D eigenvalue weighted by molar-refractivity contribution is 7.99. The molecule has 1 atom stereocenters. The van der Waals surface area contributed by atoms with E-state index < -0.39 is 11.8 Å². The SMILES string of the molecule is O=C(O)CCSC1c2cc(C=Cc3ccc4c(F)cc(Cl)cc4n3)ccc2C=Cc2ncccc21. The maximum absolute atomic E-state index is 14.1. The highest BCUT2D eigenvalue weighted by atomic mass is 35.5. The number of carboxylic acids is 1. The van der Waals surface area contributed by atoms with Crippen molar-refractivity contribution >= 4 is 64.5 Å². The summed E-state index contributed by atoms with van der Waals surface area (Å²) in [6.07, 6.45) is 9.77. The molecule has 1 aliphatic carbocycles. The van der Waals surface area contributed by atoms with Gasteiger partial charge in [0.05, 0.1) is 28.6 Å². The maximum atomic E-state index is 14.1. The molecule has 2 aromatic heterocycles. The van der Waals surface area contributed by atoms with E-state index >= 15 is 0 Å². The van der Waals surface area contributed by atoms with Crippen LogP contribution in [-0.4, -0.2) is 26.8 Å². The quantitative estimate of drug-likeness (QED) is 0.298. The summed E-state index contributed by atoms with van der Waals surface area (Å²) in [5.41, 5.74) is 6.30. The molecule has 1 N–H and O–H groups in total. The van der Waals surface area contributed by atoms with Crippen molar-refractivity contribution in [2.75, 3.05) is 5.75 Å². The highest BCUT2D eigenvalue weighted by Gasteiger charge is 2.23. The van der Waals surface area contributed by atoms with Gasteiger partial charge in [-0.15, -0.1) is 11.8 Å². The maximum Gasteiger partial charge on any atom is 0.304 e. The summed E-state index contributed by atoms with van der Waals surface area (Å²) in [5.74, 6) is -0.708. The standard InChI is InChI=1S/C28H20ClFN2O2S/c29-19-15-24(30)21-9-8-20(32-26(21)16-19)7-4-17-3-5-18-6-10-25-22(2-1-12-31-25)28(23(18)14-17)35-13-11-27(33)34/h1-10,12,14-16,28H,11,13H2,(H,33,34). The minimum atomic E-state index is -0.809. The lowest BCUT2D eigenvalue weighted by atomic mass is 9.98. The van der Waals surface area contributed by atoms with Crippen LogP contribution in [0.15, 0.2) is 60.8 Å². The minimum absolute atomic E-state index is 0.0414. The Labute approximate surface area is 211 Å². The van der Waals surface area contributed by atoms with Crippen LogP contribution in [0.4, 0.5) is 4.39 Å². The van der Waals surface area contributed by atoms with E-state index in [2.05, 4.69) is 28.2 Å². The largest absolute Gasteiger partial charge is 0.481 e. The number of hydrogen-bond acceptors (Lipinski definition) is 4. The first-order chi connectivity index (χ1) is 17.0. The Hall–Kier alpha value is -3.48. The molecule has 7 heteroatoms. The van der Waals surface area contributed by atoms with Crippen LogP contribution in [0.25, 0.3) is 35.2 Å². The van der Waals surface area contributed by atoms with E-state index in [0.717, 1.165) is 27.9 Å². The third kappa shape index (κ3) is 5.14. The second kappa shape index (κ2) is 10.0. The summed E-state index contributed by atoms with van der Waals surface area (Å²) >= 11 is 7.60. The molecule has 0 spiro atoms. The topological polar surface area (TPSA) is 63.1 Å². The average molecular weight is 503 g/mol. The summed E-state index contributed by atoms with van der Waals surface area (Å²) < 4.78 is 14.1. The van der Waals surface area contributed by atoms with Crippen molar-refractivity contribution in [1.82, 2.24) is 9.97 Å². The summed E-state index contributed by atoms with van der Waals surface area (Å²) in [6.45, 7) is 0. The Morgan fingerprint density at radius 3 is 2.83 bits per heavy atom. The molecule has 1 unspecified atom stereocenters. The number of benzene rings is 2. The van der Waals surface area contributed by atoms with Crippen LogP contribution in [0.2, 0.25) is 5.02 Å². The number of rotatable bonds is 6. The summed E-state index contributed by atoms with van der Waals surface area (Å²) in [5, 5.41) is 9.82. The van der Waals surface area contributed by atoms with E-state index in [1.165, 1.54) is 6.07 Å². The van der Waals surface area contributed by atoms with E-state index in [4.69, 9.17) is 16.7 Å². The molecule has 2 aromatic carbocycles. The van der Waals surface area contributed by atoms with Crippen molar-refractivity contribution in [1.29, 1.82) is 0 Å². The molecule has 174 valence electrons. The fourth-order valence-corrected chi connectivity index (χ4v) is 5.58. The number of nitrogens with zero attached hydrogens (tertiary/aromatic N) is 2. The van der Waals surface area contributed by atoms with Gasteiger partial charge >= 0.3 is 5.97 Å². The lowest BCUT2D eigenvalue weighted by Gasteiger charge is -2.20. The fraction of sp³-hybridized carbons (Fsp3) is 0.107. The number of thioether (sulfide) groups is 1. The normalized spacial score (nSPS) is 14.6. The number of fused-ring (bicyclic) bond motifs is 3. The number of carbonyl (C=O) groups is 1. The molecule has 2 heterocycles. The number of hydrogen-bond donors (Lipinski definition) is 1. The van der Waals surface area contributed by atoms with Crippen LogP contribution in [0.5, 0.6) is 0 Å². The van der Waals surface area contributed by atoms with Crippen LogP contribution in [0.1, 0.15) is 45.3 Å². The zero-order valence-electron chi connectivity index (χ0n) is 18.5. The van der Waals surface area contributed by atoms with Crippen LogP contribution in [0.3, 0.4) is 0 Å². The molecule has 0 amide bonds. The van der Waals surface area contributed by atoms with E-state index in [1.54, 1.807) is 36.2 Å². The van der Waals surface area contributed by atoms with Gasteiger partial charge in [0.1, 0.15) is 5.82 Å². The summed E-state index contributed by atoms with van der Waals surface area (Å²) in [7, 11) is 0. The molecule has 35 heavy (non-hydrogen) atoms. The monoisotopic (exact) mass is 502 g/mol. The van der Waals surface area contributed by atoms with Gasteiger partial charge in [0.15, 0.2) is 0 Å². The Bertz CT molecular complexity index is 1500. The molecule has 0 aliphatic heterocycles. The van der Waals surface area contributed by atoms with Gasteiger partial charge in [-0.05, 0) is 70.8 Å². The van der Waals surface area contributed by atoms with E-state index in [-0.39, 0.29) is 11.7 Å². The van der Waals surface area contributed by atoms with Crippen molar-refractivity contribution in [3.05, 3.63) is 105 Å². The second-order valence-corrected chi connectivity index (χ2v) is 9.77. The number of aliphatic carboxylic acids is 1. The minimum Gasteiger partial charge on any atom is -0.481 e. The molecule has 4 nitrogen and oxygen atoms in total. The van der Waals surface area contributed by atoms with Crippen molar-refractivity contribution in [3.8, 4) is 0 Å². The molecule has 1 aliphatic rings. The van der Waals surface area contributed by atoms with Gasteiger partial charge in [-0.25, -0.2) is 9.37 Å². The van der Waals surface area contributed by atoms with Crippen molar-refractivity contribution in [3.63, 3.8) is 0 Å². The molecular formula is C28H20ClFN2O2S. The number of pyridine rings is 2. The summed E-state index contributed by atoms with van der Waals surface area (Å²) in [6, 6.07) is 16.6. The highest BCUT2D eigenvalue weighted by Crippen LogP contribution is 2.42. The Morgan fingerprint density at radius 2 is 1.97 bits per heavy atom. The zero-order chi connectivity index (χ0) is 24.4. The number of aromatic nitrogens is 2. The lowest BCUT2D eigenvalue weighted by Crippen LogP contribution is -2.04. The first-order valence-corrected chi connectivity index (χ1v) is 12.4. The Balaban J connectivity index is 1.49. The Morgan fingerprint density at radius 1 is 1.09 bits per heavy atom.